The fraction of sp³-hybridized carbons (Fsp3) is 0.0625. The molecule has 0 fully saturated rings. The summed E-state index contributed by atoms with van der Waals surface area (Å²) in [5.74, 6) is -0.841. The van der Waals surface area contributed by atoms with Gasteiger partial charge in [-0.15, -0.1) is 0 Å². The number of anilines is 1. The molecule has 3 aromatic rings. The lowest BCUT2D eigenvalue weighted by Gasteiger charge is -2.12. The molecule has 0 unspecified atom stereocenters. The quantitative estimate of drug-likeness (QED) is 0.698. The second kappa shape index (κ2) is 6.32. The van der Waals surface area contributed by atoms with Gasteiger partial charge >= 0.3 is 6.18 Å². The zero-order valence-electron chi connectivity index (χ0n) is 12.3. The van der Waals surface area contributed by atoms with Gasteiger partial charge in [-0.1, -0.05) is 22.0 Å². The van der Waals surface area contributed by atoms with Crippen molar-refractivity contribution in [3.05, 3.63) is 74.7 Å². The Hall–Kier alpha value is -2.68. The normalized spacial score (nSPS) is 11.5. The van der Waals surface area contributed by atoms with Crippen LogP contribution in [0, 0.1) is 0 Å². The van der Waals surface area contributed by atoms with Crippen LogP contribution in [0.25, 0.3) is 5.65 Å². The van der Waals surface area contributed by atoms with E-state index in [0.717, 1.165) is 12.3 Å². The third-order valence-corrected chi connectivity index (χ3v) is 4.08. The van der Waals surface area contributed by atoms with Gasteiger partial charge in [-0.2, -0.15) is 13.2 Å². The highest BCUT2D eigenvalue weighted by Crippen LogP contribution is 2.36. The molecule has 25 heavy (non-hydrogen) atoms. The zero-order chi connectivity index (χ0) is 18.2. The van der Waals surface area contributed by atoms with E-state index in [1.54, 1.807) is 18.2 Å². The molecule has 2 heterocycles. The summed E-state index contributed by atoms with van der Waals surface area (Å²) < 4.78 is 39.8. The molecule has 9 heteroatoms. The molecule has 0 aliphatic heterocycles. The Kier molecular flexibility index (Phi) is 4.34. The maximum Gasteiger partial charge on any atom is 0.417 e. The molecule has 0 bridgehead atoms. The Labute approximate surface area is 147 Å². The Morgan fingerprint density at radius 2 is 1.96 bits per heavy atom. The van der Waals surface area contributed by atoms with Crippen LogP contribution < -0.4 is 10.9 Å². The number of halogens is 4. The summed E-state index contributed by atoms with van der Waals surface area (Å²) in [4.78, 5) is 28.6. The van der Waals surface area contributed by atoms with Crippen molar-refractivity contribution in [2.75, 3.05) is 5.32 Å². The highest BCUT2D eigenvalue weighted by Gasteiger charge is 2.33. The second-order valence-corrected chi connectivity index (χ2v) is 5.91. The molecule has 1 aromatic carbocycles. The lowest BCUT2D eigenvalue weighted by Crippen LogP contribution is -2.26. The number of pyridine rings is 1. The minimum absolute atomic E-state index is 0.0851. The van der Waals surface area contributed by atoms with E-state index in [1.165, 1.54) is 22.7 Å². The Bertz CT molecular complexity index is 1030. The number of amides is 1. The number of benzene rings is 1. The molecule has 0 saturated carbocycles. The highest BCUT2D eigenvalue weighted by atomic mass is 79.9. The van der Waals surface area contributed by atoms with Gasteiger partial charge in [0.15, 0.2) is 0 Å². The summed E-state index contributed by atoms with van der Waals surface area (Å²) in [7, 11) is 0. The third kappa shape index (κ3) is 3.41. The van der Waals surface area contributed by atoms with Gasteiger partial charge in [0.25, 0.3) is 11.5 Å². The van der Waals surface area contributed by atoms with Crippen LogP contribution in [0.2, 0.25) is 0 Å². The molecule has 5 nitrogen and oxygen atoms in total. The molecule has 0 aliphatic rings. The first kappa shape index (κ1) is 17.2. The number of hydrogen-bond acceptors (Lipinski definition) is 3. The second-order valence-electron chi connectivity index (χ2n) is 5.05. The Morgan fingerprint density at radius 3 is 2.68 bits per heavy atom. The molecule has 1 amide bonds. The first-order chi connectivity index (χ1) is 11.8. The average molecular weight is 412 g/mol. The number of aromatic nitrogens is 2. The molecule has 3 rings (SSSR count). The van der Waals surface area contributed by atoms with Crippen LogP contribution in [0.5, 0.6) is 0 Å². The topological polar surface area (TPSA) is 63.5 Å². The number of alkyl halides is 3. The summed E-state index contributed by atoms with van der Waals surface area (Å²) >= 11 is 2.82. The van der Waals surface area contributed by atoms with Crippen LogP contribution in [0.4, 0.5) is 18.9 Å². The predicted octanol–water partition coefficient (Wildman–Crippen LogP) is 3.73. The van der Waals surface area contributed by atoms with Crippen molar-refractivity contribution in [3.63, 3.8) is 0 Å². The van der Waals surface area contributed by atoms with Crippen molar-refractivity contribution in [1.29, 1.82) is 0 Å². The van der Waals surface area contributed by atoms with Crippen molar-refractivity contribution in [3.8, 4) is 0 Å². The van der Waals surface area contributed by atoms with E-state index in [2.05, 4.69) is 26.2 Å². The summed E-state index contributed by atoms with van der Waals surface area (Å²) in [6.45, 7) is 0. The standard InChI is InChI=1S/C16H9BrF3N3O2/c17-12-5-4-9(7-11(12)16(18,19)20)22-14(24)10-8-21-13-3-1-2-6-23(13)15(10)25/h1-8H,(H,22,24). The Balaban J connectivity index is 1.96. The van der Waals surface area contributed by atoms with Gasteiger partial charge in [0, 0.05) is 22.6 Å². The van der Waals surface area contributed by atoms with E-state index < -0.39 is 23.2 Å². The van der Waals surface area contributed by atoms with E-state index in [0.29, 0.717) is 5.65 Å². The van der Waals surface area contributed by atoms with Crippen LogP contribution in [0.1, 0.15) is 15.9 Å². The van der Waals surface area contributed by atoms with Crippen LogP contribution in [0.3, 0.4) is 0 Å². The van der Waals surface area contributed by atoms with E-state index in [1.807, 2.05) is 0 Å². The molecular formula is C16H9BrF3N3O2. The molecule has 0 spiro atoms. The van der Waals surface area contributed by atoms with Crippen LogP contribution in [0.15, 0.2) is 58.1 Å². The number of hydrogen-bond donors (Lipinski definition) is 1. The minimum Gasteiger partial charge on any atom is -0.322 e. The maximum absolute atomic E-state index is 12.9. The summed E-state index contributed by atoms with van der Waals surface area (Å²) in [6.07, 6.45) is -2.04. The van der Waals surface area contributed by atoms with Crippen molar-refractivity contribution < 1.29 is 18.0 Å². The lowest BCUT2D eigenvalue weighted by atomic mass is 10.2. The van der Waals surface area contributed by atoms with E-state index in [-0.39, 0.29) is 15.7 Å². The van der Waals surface area contributed by atoms with Crippen LogP contribution >= 0.6 is 15.9 Å². The molecule has 0 radical (unpaired) electrons. The van der Waals surface area contributed by atoms with Crippen molar-refractivity contribution in [2.45, 2.75) is 6.18 Å². The smallest absolute Gasteiger partial charge is 0.322 e. The monoisotopic (exact) mass is 411 g/mol. The lowest BCUT2D eigenvalue weighted by molar-refractivity contribution is -0.138. The zero-order valence-corrected chi connectivity index (χ0v) is 13.9. The van der Waals surface area contributed by atoms with Gasteiger partial charge in [0.1, 0.15) is 11.2 Å². The first-order valence-corrected chi connectivity index (χ1v) is 7.71. The van der Waals surface area contributed by atoms with Gasteiger partial charge in [0.2, 0.25) is 0 Å². The maximum atomic E-state index is 12.9. The molecule has 0 atom stereocenters. The SMILES string of the molecule is O=C(Nc1ccc(Br)c(C(F)(F)F)c1)c1cnc2ccccn2c1=O. The summed E-state index contributed by atoms with van der Waals surface area (Å²) in [5.41, 5.74) is -1.56. The molecule has 128 valence electrons. The van der Waals surface area contributed by atoms with E-state index in [4.69, 9.17) is 0 Å². The molecule has 1 N–H and O–H groups in total. The predicted molar refractivity (Wildman–Crippen MR) is 88.6 cm³/mol. The van der Waals surface area contributed by atoms with Gasteiger partial charge in [0.05, 0.1) is 5.56 Å². The fourth-order valence-electron chi connectivity index (χ4n) is 2.20. The number of rotatable bonds is 2. The number of carbonyl (C=O) groups excluding carboxylic acids is 1. The van der Waals surface area contributed by atoms with Gasteiger partial charge in [-0.05, 0) is 30.3 Å². The largest absolute Gasteiger partial charge is 0.417 e. The van der Waals surface area contributed by atoms with Gasteiger partial charge in [-0.25, -0.2) is 4.98 Å². The number of fused-ring (bicyclic) bond motifs is 1. The fourth-order valence-corrected chi connectivity index (χ4v) is 2.67. The van der Waals surface area contributed by atoms with E-state index >= 15 is 0 Å². The third-order valence-electron chi connectivity index (χ3n) is 3.39. The summed E-state index contributed by atoms with van der Waals surface area (Å²) in [6, 6.07) is 8.12. The first-order valence-electron chi connectivity index (χ1n) is 6.92. The molecule has 2 aromatic heterocycles. The van der Waals surface area contributed by atoms with Gasteiger partial charge < -0.3 is 5.32 Å². The Morgan fingerprint density at radius 1 is 1.20 bits per heavy atom. The van der Waals surface area contributed by atoms with Crippen molar-refractivity contribution in [1.82, 2.24) is 9.38 Å². The highest BCUT2D eigenvalue weighted by molar-refractivity contribution is 9.10. The van der Waals surface area contributed by atoms with Crippen LogP contribution in [-0.4, -0.2) is 15.3 Å². The number of nitrogens with one attached hydrogen (secondary N) is 1. The minimum atomic E-state index is -4.58. The van der Waals surface area contributed by atoms with Crippen LogP contribution in [-0.2, 0) is 6.18 Å². The number of nitrogens with zero attached hydrogens (tertiary/aromatic N) is 2. The van der Waals surface area contributed by atoms with Crippen molar-refractivity contribution in [2.24, 2.45) is 0 Å². The van der Waals surface area contributed by atoms with E-state index in [9.17, 15) is 22.8 Å². The van der Waals surface area contributed by atoms with Crippen molar-refractivity contribution >= 4 is 33.2 Å². The number of carbonyl (C=O) groups is 1. The molecular weight excluding hydrogens is 403 g/mol. The summed E-state index contributed by atoms with van der Waals surface area (Å²) in [5, 5.41) is 2.29. The molecule has 0 aliphatic carbocycles. The van der Waals surface area contributed by atoms with Gasteiger partial charge in [-0.3, -0.25) is 14.0 Å². The average Bonchev–Trinajstić information content (AvgIpc) is 2.56. The molecule has 0 saturated heterocycles.